The van der Waals surface area contributed by atoms with Crippen LogP contribution in [0.25, 0.3) is 11.3 Å². The highest BCUT2D eigenvalue weighted by Gasteiger charge is 2.49. The molecule has 0 spiro atoms. The predicted octanol–water partition coefficient (Wildman–Crippen LogP) is 2.17. The third-order valence-electron chi connectivity index (χ3n) is 5.14. The summed E-state index contributed by atoms with van der Waals surface area (Å²) in [5.41, 5.74) is 0.810. The number of carbonyl (C=O) groups is 3. The molecule has 2 atom stereocenters. The number of nitrogens with one attached hydrogen (secondary N) is 2. The minimum Gasteiger partial charge on any atom is -0.318 e. The van der Waals surface area contributed by atoms with E-state index in [0.29, 0.717) is 12.0 Å². The van der Waals surface area contributed by atoms with Crippen molar-refractivity contribution in [2.45, 2.75) is 18.9 Å². The van der Waals surface area contributed by atoms with Crippen LogP contribution in [0.15, 0.2) is 60.9 Å². The lowest BCUT2D eigenvalue weighted by Gasteiger charge is -2.34. The van der Waals surface area contributed by atoms with Crippen LogP contribution in [0, 0.1) is 5.92 Å². The summed E-state index contributed by atoms with van der Waals surface area (Å²) < 4.78 is 0. The normalized spacial score (nSPS) is 24.2. The minimum atomic E-state index is -1.36. The minimum absolute atomic E-state index is 0.0237. The summed E-state index contributed by atoms with van der Waals surface area (Å²) >= 11 is 0. The summed E-state index contributed by atoms with van der Waals surface area (Å²) in [6.45, 7) is 1.87. The van der Waals surface area contributed by atoms with Crippen LogP contribution < -0.4 is 10.6 Å². The zero-order valence-corrected chi connectivity index (χ0v) is 15.4. The van der Waals surface area contributed by atoms with Gasteiger partial charge in [-0.1, -0.05) is 37.3 Å². The summed E-state index contributed by atoms with van der Waals surface area (Å²) in [5.74, 6) is -0.714. The summed E-state index contributed by atoms with van der Waals surface area (Å²) in [6, 6.07) is 12.3. The summed E-state index contributed by atoms with van der Waals surface area (Å²) in [5, 5.41) is 5.06. The Morgan fingerprint density at radius 1 is 1.18 bits per heavy atom. The second-order valence-corrected chi connectivity index (χ2v) is 7.10. The van der Waals surface area contributed by atoms with E-state index in [-0.39, 0.29) is 18.4 Å². The van der Waals surface area contributed by atoms with Crippen molar-refractivity contribution in [2.24, 2.45) is 5.92 Å². The first-order chi connectivity index (χ1) is 13.5. The van der Waals surface area contributed by atoms with Gasteiger partial charge in [0.1, 0.15) is 0 Å². The van der Waals surface area contributed by atoms with Gasteiger partial charge in [0.05, 0.1) is 12.2 Å². The highest BCUT2D eigenvalue weighted by atomic mass is 16.2. The molecule has 0 aliphatic carbocycles. The Balaban J connectivity index is 1.77. The maximum absolute atomic E-state index is 12.8. The number of imide groups is 1. The van der Waals surface area contributed by atoms with Crippen LogP contribution in [-0.2, 0) is 15.1 Å². The lowest BCUT2D eigenvalue weighted by molar-refractivity contribution is -0.135. The lowest BCUT2D eigenvalue weighted by atomic mass is 9.87. The molecule has 2 unspecified atom stereocenters. The van der Waals surface area contributed by atoms with Gasteiger partial charge >= 0.3 is 6.03 Å². The van der Waals surface area contributed by atoms with Crippen LogP contribution in [0.5, 0.6) is 0 Å². The zero-order valence-electron chi connectivity index (χ0n) is 15.4. The van der Waals surface area contributed by atoms with Gasteiger partial charge in [-0.25, -0.2) is 4.79 Å². The number of urea groups is 1. The molecule has 7 nitrogen and oxygen atoms in total. The first-order valence-electron chi connectivity index (χ1n) is 9.12. The van der Waals surface area contributed by atoms with Crippen molar-refractivity contribution in [1.29, 1.82) is 0 Å². The topological polar surface area (TPSA) is 91.4 Å². The zero-order chi connectivity index (χ0) is 19.7. The van der Waals surface area contributed by atoms with Crippen LogP contribution in [0.4, 0.5) is 4.79 Å². The summed E-state index contributed by atoms with van der Waals surface area (Å²) in [4.78, 5) is 43.3. The number of rotatable bonds is 4. The molecule has 3 heterocycles. The Bertz CT molecular complexity index is 973. The van der Waals surface area contributed by atoms with Crippen molar-refractivity contribution in [2.75, 3.05) is 6.54 Å². The number of nitrogens with zero attached hydrogens (tertiary/aromatic N) is 2. The summed E-state index contributed by atoms with van der Waals surface area (Å²) in [7, 11) is 0. The van der Waals surface area contributed by atoms with E-state index < -0.39 is 17.5 Å². The van der Waals surface area contributed by atoms with Crippen LogP contribution in [0.3, 0.4) is 0 Å². The van der Waals surface area contributed by atoms with Crippen molar-refractivity contribution in [3.63, 3.8) is 0 Å². The molecule has 4 amide bonds. The third-order valence-corrected chi connectivity index (χ3v) is 5.14. The maximum Gasteiger partial charge on any atom is 0.322 e. The van der Waals surface area contributed by atoms with Crippen molar-refractivity contribution >= 4 is 17.8 Å². The quantitative estimate of drug-likeness (QED) is 0.800. The van der Waals surface area contributed by atoms with Crippen LogP contribution in [-0.4, -0.2) is 34.3 Å². The Kier molecular flexibility index (Phi) is 4.43. The molecule has 0 bridgehead atoms. The number of benzene rings is 1. The molecule has 2 N–H and O–H groups in total. The first kappa shape index (κ1) is 17.9. The van der Waals surface area contributed by atoms with Crippen molar-refractivity contribution in [3.8, 4) is 11.3 Å². The van der Waals surface area contributed by atoms with Crippen LogP contribution in [0.1, 0.15) is 18.9 Å². The van der Waals surface area contributed by atoms with Gasteiger partial charge in [0.25, 0.3) is 5.91 Å². The molecule has 1 aromatic carbocycles. The van der Waals surface area contributed by atoms with Crippen molar-refractivity contribution in [1.82, 2.24) is 20.5 Å². The molecule has 1 aromatic heterocycles. The fourth-order valence-electron chi connectivity index (χ4n) is 3.61. The highest BCUT2D eigenvalue weighted by molar-refractivity contribution is 6.08. The van der Waals surface area contributed by atoms with Gasteiger partial charge in [-0.05, 0) is 30.2 Å². The molecule has 1 saturated heterocycles. The molecule has 4 rings (SSSR count). The highest BCUT2D eigenvalue weighted by Crippen LogP contribution is 2.31. The fraction of sp³-hybridized carbons (Fsp3) is 0.238. The van der Waals surface area contributed by atoms with Gasteiger partial charge in [-0.2, -0.15) is 0 Å². The second kappa shape index (κ2) is 6.92. The Hall–Kier alpha value is -3.48. The van der Waals surface area contributed by atoms with Gasteiger partial charge in [-0.15, -0.1) is 0 Å². The van der Waals surface area contributed by atoms with E-state index in [1.54, 1.807) is 18.5 Å². The Labute approximate surface area is 162 Å². The van der Waals surface area contributed by atoms with Crippen LogP contribution >= 0.6 is 0 Å². The number of hydrogen-bond acceptors (Lipinski definition) is 4. The number of allylic oxidation sites excluding steroid dienone is 1. The SMILES string of the molecule is CC1CC=CN(CC2(c3cccc(-c4ccccn4)c3)NC(=O)NC2=O)C1=O. The van der Waals surface area contributed by atoms with E-state index in [1.807, 2.05) is 49.4 Å². The number of pyridine rings is 1. The molecule has 2 aliphatic heterocycles. The molecule has 0 radical (unpaired) electrons. The largest absolute Gasteiger partial charge is 0.322 e. The Morgan fingerprint density at radius 2 is 2.04 bits per heavy atom. The number of aromatic nitrogens is 1. The standard InChI is InChI=1S/C21H20N4O3/c1-14-6-5-11-25(18(14)26)13-21(19(27)23-20(28)24-21)16-8-4-7-15(12-16)17-9-2-3-10-22-17/h2-5,7-12,14H,6,13H2,1H3,(H2,23,24,27,28). The van der Waals surface area contributed by atoms with Gasteiger partial charge in [-0.3, -0.25) is 19.9 Å². The lowest BCUT2D eigenvalue weighted by Crippen LogP contribution is -2.53. The molecule has 28 heavy (non-hydrogen) atoms. The molecular formula is C21H20N4O3. The number of hydrogen-bond donors (Lipinski definition) is 2. The maximum atomic E-state index is 12.8. The Morgan fingerprint density at radius 3 is 2.75 bits per heavy atom. The average molecular weight is 376 g/mol. The first-order valence-corrected chi connectivity index (χ1v) is 9.12. The van der Waals surface area contributed by atoms with E-state index in [4.69, 9.17) is 0 Å². The van der Waals surface area contributed by atoms with E-state index in [2.05, 4.69) is 15.6 Å². The van der Waals surface area contributed by atoms with E-state index in [1.165, 1.54) is 4.90 Å². The van der Waals surface area contributed by atoms with Gasteiger partial charge < -0.3 is 10.2 Å². The monoisotopic (exact) mass is 376 g/mol. The van der Waals surface area contributed by atoms with Crippen LogP contribution in [0.2, 0.25) is 0 Å². The predicted molar refractivity (Wildman–Crippen MR) is 103 cm³/mol. The molecule has 0 saturated carbocycles. The van der Waals surface area contributed by atoms with Gasteiger partial charge in [0, 0.05) is 23.9 Å². The number of amides is 4. The van der Waals surface area contributed by atoms with Gasteiger partial charge in [0.15, 0.2) is 5.54 Å². The van der Waals surface area contributed by atoms with Crippen molar-refractivity contribution < 1.29 is 14.4 Å². The average Bonchev–Trinajstić information content (AvgIpc) is 3.00. The molecule has 142 valence electrons. The third kappa shape index (κ3) is 3.05. The van der Waals surface area contributed by atoms with Crippen molar-refractivity contribution in [3.05, 3.63) is 66.5 Å². The molecule has 2 aliphatic rings. The summed E-state index contributed by atoms with van der Waals surface area (Å²) in [6.07, 6.45) is 5.94. The van der Waals surface area contributed by atoms with E-state index >= 15 is 0 Å². The fourth-order valence-corrected chi connectivity index (χ4v) is 3.61. The molecule has 1 fully saturated rings. The van der Waals surface area contributed by atoms with E-state index in [0.717, 1.165) is 11.3 Å². The smallest absolute Gasteiger partial charge is 0.318 e. The molecular weight excluding hydrogens is 356 g/mol. The molecule has 2 aromatic rings. The molecule has 7 heteroatoms. The second-order valence-electron chi connectivity index (χ2n) is 7.10. The van der Waals surface area contributed by atoms with E-state index in [9.17, 15) is 14.4 Å². The van der Waals surface area contributed by atoms with Gasteiger partial charge in [0.2, 0.25) is 5.91 Å². The number of carbonyl (C=O) groups excluding carboxylic acids is 3.